The number of imidazole rings is 1. The lowest BCUT2D eigenvalue weighted by Gasteiger charge is -2.32. The molecule has 118 valence electrons. The lowest BCUT2D eigenvalue weighted by Crippen LogP contribution is -2.44. The quantitative estimate of drug-likeness (QED) is 0.948. The Morgan fingerprint density at radius 1 is 1.26 bits per heavy atom. The molecule has 0 saturated heterocycles. The monoisotopic (exact) mass is 307 g/mol. The molecule has 5 heteroatoms. The van der Waals surface area contributed by atoms with Gasteiger partial charge in [-0.05, 0) is 18.1 Å². The van der Waals surface area contributed by atoms with Crippen molar-refractivity contribution < 1.29 is 0 Å². The van der Waals surface area contributed by atoms with Crippen molar-refractivity contribution in [3.05, 3.63) is 47.4 Å². The number of anilines is 1. The molecule has 0 saturated carbocycles. The molecule has 0 aliphatic carbocycles. The summed E-state index contributed by atoms with van der Waals surface area (Å²) in [5.74, 6) is 2.93. The zero-order valence-electron chi connectivity index (χ0n) is 13.5. The molecule has 1 aromatic carbocycles. The van der Waals surface area contributed by atoms with E-state index in [1.165, 1.54) is 5.56 Å². The number of hydrogen-bond donors (Lipinski definition) is 1. The molecule has 2 aliphatic rings. The minimum absolute atomic E-state index is 0.399. The zero-order chi connectivity index (χ0) is 15.8. The van der Waals surface area contributed by atoms with E-state index in [9.17, 15) is 0 Å². The van der Waals surface area contributed by atoms with Crippen LogP contribution in [0.4, 0.5) is 5.82 Å². The number of hydrogen-bond acceptors (Lipinski definition) is 4. The van der Waals surface area contributed by atoms with Crippen molar-refractivity contribution in [2.75, 3.05) is 25.2 Å². The fraction of sp³-hybridized carbons (Fsp3) is 0.333. The third-order valence-electron chi connectivity index (χ3n) is 4.41. The number of H-pyrrole nitrogens is 1. The molecule has 23 heavy (non-hydrogen) atoms. The minimum Gasteiger partial charge on any atom is -0.340 e. The Morgan fingerprint density at radius 3 is 2.87 bits per heavy atom. The first-order valence-corrected chi connectivity index (χ1v) is 8.12. The molecule has 3 heterocycles. The van der Waals surface area contributed by atoms with Crippen LogP contribution in [0.25, 0.3) is 12.2 Å². The number of aromatic amines is 1. The fourth-order valence-electron chi connectivity index (χ4n) is 3.16. The third kappa shape index (κ3) is 2.52. The molecule has 0 unspecified atom stereocenters. The van der Waals surface area contributed by atoms with Crippen molar-refractivity contribution >= 4 is 23.8 Å². The number of rotatable bonds is 3. The van der Waals surface area contributed by atoms with E-state index in [1.807, 2.05) is 24.3 Å². The number of aromatic nitrogens is 2. The van der Waals surface area contributed by atoms with Gasteiger partial charge in [0.15, 0.2) is 11.7 Å². The highest BCUT2D eigenvalue weighted by Gasteiger charge is 2.34. The second kappa shape index (κ2) is 5.57. The van der Waals surface area contributed by atoms with Crippen molar-refractivity contribution in [2.45, 2.75) is 19.4 Å². The van der Waals surface area contributed by atoms with Crippen LogP contribution in [-0.2, 0) is 0 Å². The Hall–Kier alpha value is -2.56. The lowest BCUT2D eigenvalue weighted by molar-refractivity contribution is 0.414. The maximum absolute atomic E-state index is 4.86. The molecule has 1 aromatic heterocycles. The van der Waals surface area contributed by atoms with E-state index >= 15 is 0 Å². The van der Waals surface area contributed by atoms with Crippen molar-refractivity contribution in [3.8, 4) is 0 Å². The van der Waals surface area contributed by atoms with Crippen LogP contribution in [0, 0.1) is 0 Å². The summed E-state index contributed by atoms with van der Waals surface area (Å²) in [6.07, 6.45) is 5.18. The average Bonchev–Trinajstić information content (AvgIpc) is 3.17. The summed E-state index contributed by atoms with van der Waals surface area (Å²) in [6.45, 7) is 4.05. The van der Waals surface area contributed by atoms with Gasteiger partial charge in [0, 0.05) is 13.6 Å². The molecule has 2 aromatic rings. The van der Waals surface area contributed by atoms with Gasteiger partial charge in [-0.3, -0.25) is 4.99 Å². The van der Waals surface area contributed by atoms with Crippen LogP contribution in [0.5, 0.6) is 0 Å². The summed E-state index contributed by atoms with van der Waals surface area (Å²) in [4.78, 5) is 17.5. The first-order valence-electron chi connectivity index (χ1n) is 8.12. The molecule has 1 N–H and O–H groups in total. The second-order valence-corrected chi connectivity index (χ2v) is 6.14. The summed E-state index contributed by atoms with van der Waals surface area (Å²) in [5, 5.41) is 0. The van der Waals surface area contributed by atoms with Gasteiger partial charge >= 0.3 is 0 Å². The standard InChI is InChI=1S/C18H21N5/c1-3-14-11-23-12-22(2)17-16(18(23)19-14)20-15(21-17)10-9-13-7-5-4-6-8-13/h4-10,14H,3,11-12H2,1-2H3,(H,20,21)/b10-9+/t14-/m0/s1. The molecule has 4 rings (SSSR count). The van der Waals surface area contributed by atoms with Crippen molar-refractivity contribution in [3.63, 3.8) is 0 Å². The highest BCUT2D eigenvalue weighted by atomic mass is 15.4. The molecular formula is C18H21N5. The molecular weight excluding hydrogens is 286 g/mol. The first-order chi connectivity index (χ1) is 11.2. The van der Waals surface area contributed by atoms with Crippen LogP contribution in [0.1, 0.15) is 30.4 Å². The van der Waals surface area contributed by atoms with Gasteiger partial charge in [0.25, 0.3) is 0 Å². The Kier molecular flexibility index (Phi) is 3.41. The highest BCUT2D eigenvalue weighted by Crippen LogP contribution is 2.29. The number of amidine groups is 1. The maximum Gasteiger partial charge on any atom is 0.159 e. The van der Waals surface area contributed by atoms with Gasteiger partial charge in [0.1, 0.15) is 11.5 Å². The van der Waals surface area contributed by atoms with Crippen LogP contribution in [-0.4, -0.2) is 47.0 Å². The number of nitrogens with zero attached hydrogens (tertiary/aromatic N) is 4. The van der Waals surface area contributed by atoms with E-state index in [1.54, 1.807) is 0 Å². The van der Waals surface area contributed by atoms with Gasteiger partial charge in [-0.1, -0.05) is 43.3 Å². The number of fused-ring (bicyclic) bond motifs is 3. The Bertz CT molecular complexity index is 759. The number of nitrogens with one attached hydrogen (secondary N) is 1. The Morgan fingerprint density at radius 2 is 2.09 bits per heavy atom. The predicted molar refractivity (Wildman–Crippen MR) is 94.5 cm³/mol. The summed E-state index contributed by atoms with van der Waals surface area (Å²) in [5.41, 5.74) is 2.21. The van der Waals surface area contributed by atoms with Gasteiger partial charge < -0.3 is 14.8 Å². The van der Waals surface area contributed by atoms with Crippen LogP contribution in [0.15, 0.2) is 35.3 Å². The van der Waals surface area contributed by atoms with E-state index in [0.29, 0.717) is 6.04 Å². The number of aliphatic imine (C=N–C) groups is 1. The second-order valence-electron chi connectivity index (χ2n) is 6.14. The Balaban J connectivity index is 1.66. The largest absolute Gasteiger partial charge is 0.340 e. The van der Waals surface area contributed by atoms with Crippen LogP contribution in [0.2, 0.25) is 0 Å². The van der Waals surface area contributed by atoms with Gasteiger partial charge in [-0.25, -0.2) is 4.98 Å². The normalized spacial score (nSPS) is 19.9. The number of benzene rings is 1. The van der Waals surface area contributed by atoms with Gasteiger partial charge in [0.2, 0.25) is 0 Å². The SMILES string of the molecule is CC[C@H]1CN2CN(C)c3nc(/C=C/c4ccccc4)[nH]c3C2=N1. The summed E-state index contributed by atoms with van der Waals surface area (Å²) in [7, 11) is 2.08. The van der Waals surface area contributed by atoms with Crippen molar-refractivity contribution in [1.82, 2.24) is 14.9 Å². The summed E-state index contributed by atoms with van der Waals surface area (Å²) >= 11 is 0. The van der Waals surface area contributed by atoms with Gasteiger partial charge in [-0.2, -0.15) is 0 Å². The topological polar surface area (TPSA) is 47.5 Å². The maximum atomic E-state index is 4.86. The van der Waals surface area contributed by atoms with E-state index in [-0.39, 0.29) is 0 Å². The molecule has 0 bridgehead atoms. The lowest BCUT2D eigenvalue weighted by atomic mass is 10.2. The van der Waals surface area contributed by atoms with Gasteiger partial charge in [0.05, 0.1) is 12.7 Å². The molecule has 1 atom stereocenters. The van der Waals surface area contributed by atoms with Crippen LogP contribution in [0.3, 0.4) is 0 Å². The van der Waals surface area contributed by atoms with E-state index in [4.69, 9.17) is 9.98 Å². The highest BCUT2D eigenvalue weighted by molar-refractivity contribution is 6.04. The zero-order valence-corrected chi connectivity index (χ0v) is 13.5. The fourth-order valence-corrected chi connectivity index (χ4v) is 3.16. The van der Waals surface area contributed by atoms with E-state index in [0.717, 1.165) is 42.8 Å². The molecule has 0 radical (unpaired) electrons. The summed E-state index contributed by atoms with van der Waals surface area (Å²) in [6, 6.07) is 10.7. The van der Waals surface area contributed by atoms with Gasteiger partial charge in [-0.15, -0.1) is 0 Å². The summed E-state index contributed by atoms with van der Waals surface area (Å²) < 4.78 is 0. The van der Waals surface area contributed by atoms with Crippen LogP contribution < -0.4 is 4.90 Å². The molecule has 0 amide bonds. The smallest absolute Gasteiger partial charge is 0.159 e. The van der Waals surface area contributed by atoms with E-state index < -0.39 is 0 Å². The van der Waals surface area contributed by atoms with Crippen LogP contribution >= 0.6 is 0 Å². The minimum atomic E-state index is 0.399. The molecule has 0 spiro atoms. The van der Waals surface area contributed by atoms with E-state index in [2.05, 4.69) is 47.0 Å². The molecule has 2 aliphatic heterocycles. The Labute approximate surface area is 136 Å². The average molecular weight is 307 g/mol. The van der Waals surface area contributed by atoms with Crippen molar-refractivity contribution in [1.29, 1.82) is 0 Å². The molecule has 0 fully saturated rings. The molecule has 5 nitrogen and oxygen atoms in total. The first kappa shape index (κ1) is 14.1. The predicted octanol–water partition coefficient (Wildman–Crippen LogP) is 2.83. The van der Waals surface area contributed by atoms with Crippen molar-refractivity contribution in [2.24, 2.45) is 4.99 Å². The third-order valence-corrected chi connectivity index (χ3v) is 4.41.